The van der Waals surface area contributed by atoms with E-state index in [1.807, 2.05) is 0 Å². The van der Waals surface area contributed by atoms with Gasteiger partial charge in [-0.3, -0.25) is 4.79 Å². The maximum atomic E-state index is 12.3. The molecular formula is C14H27N3O2. The van der Waals surface area contributed by atoms with Gasteiger partial charge in [-0.15, -0.1) is 0 Å². The summed E-state index contributed by atoms with van der Waals surface area (Å²) in [5, 5.41) is 3.06. The first-order valence-corrected chi connectivity index (χ1v) is 7.48. The molecule has 1 saturated carbocycles. The van der Waals surface area contributed by atoms with Crippen molar-refractivity contribution in [3.05, 3.63) is 0 Å². The van der Waals surface area contributed by atoms with E-state index in [1.54, 1.807) is 0 Å². The summed E-state index contributed by atoms with van der Waals surface area (Å²) in [5.74, 6) is 0.649. The summed E-state index contributed by atoms with van der Waals surface area (Å²) in [6.07, 6.45) is 4.57. The van der Waals surface area contributed by atoms with Crippen LogP contribution in [0.25, 0.3) is 0 Å². The summed E-state index contributed by atoms with van der Waals surface area (Å²) >= 11 is 0. The number of hydrogen-bond donors (Lipinski definition) is 2. The first kappa shape index (κ1) is 14.8. The lowest BCUT2D eigenvalue weighted by Gasteiger charge is -2.32. The van der Waals surface area contributed by atoms with Gasteiger partial charge in [0.25, 0.3) is 0 Å². The summed E-state index contributed by atoms with van der Waals surface area (Å²) in [4.78, 5) is 14.5. The fourth-order valence-electron chi connectivity index (χ4n) is 3.17. The van der Waals surface area contributed by atoms with Crippen molar-refractivity contribution >= 4 is 5.91 Å². The largest absolute Gasteiger partial charge is 0.374 e. The van der Waals surface area contributed by atoms with Gasteiger partial charge >= 0.3 is 0 Å². The van der Waals surface area contributed by atoms with Crippen LogP contribution in [0.15, 0.2) is 0 Å². The highest BCUT2D eigenvalue weighted by Gasteiger charge is 2.30. The molecule has 0 aromatic rings. The summed E-state index contributed by atoms with van der Waals surface area (Å²) in [6.45, 7) is 3.87. The van der Waals surface area contributed by atoms with E-state index in [4.69, 9.17) is 10.5 Å². The summed E-state index contributed by atoms with van der Waals surface area (Å²) in [6, 6.07) is 0. The zero-order chi connectivity index (χ0) is 13.7. The van der Waals surface area contributed by atoms with E-state index in [0.717, 1.165) is 39.0 Å². The van der Waals surface area contributed by atoms with Crippen LogP contribution in [0.1, 0.15) is 25.7 Å². The van der Waals surface area contributed by atoms with E-state index in [2.05, 4.69) is 17.3 Å². The van der Waals surface area contributed by atoms with E-state index in [9.17, 15) is 4.79 Å². The standard InChI is InChI=1S/C14H27N3O2/c1-17-6-7-19-12(10-17)9-16-14(18)13-5-3-2-4-11(13)8-15/h11-13H,2-10,15H2,1H3,(H,16,18). The van der Waals surface area contributed by atoms with Crippen molar-refractivity contribution in [2.45, 2.75) is 31.8 Å². The Balaban J connectivity index is 1.76. The van der Waals surface area contributed by atoms with Gasteiger partial charge in [-0.25, -0.2) is 0 Å². The average molecular weight is 269 g/mol. The van der Waals surface area contributed by atoms with E-state index in [1.165, 1.54) is 6.42 Å². The molecule has 1 saturated heterocycles. The number of rotatable bonds is 4. The molecule has 1 amide bonds. The van der Waals surface area contributed by atoms with Gasteiger partial charge in [-0.2, -0.15) is 0 Å². The minimum absolute atomic E-state index is 0.111. The van der Waals surface area contributed by atoms with E-state index in [0.29, 0.717) is 19.0 Å². The van der Waals surface area contributed by atoms with Gasteiger partial charge in [0.2, 0.25) is 5.91 Å². The molecule has 0 aromatic heterocycles. The Kier molecular flexibility index (Phi) is 5.60. The smallest absolute Gasteiger partial charge is 0.223 e. The van der Waals surface area contributed by atoms with Gasteiger partial charge in [-0.1, -0.05) is 12.8 Å². The van der Waals surface area contributed by atoms with Crippen molar-refractivity contribution in [2.75, 3.05) is 39.8 Å². The molecule has 110 valence electrons. The topological polar surface area (TPSA) is 67.6 Å². The predicted octanol–water partition coefficient (Wildman–Crippen LogP) is 0.198. The number of likely N-dealkylation sites (N-methyl/N-ethyl adjacent to an activating group) is 1. The van der Waals surface area contributed by atoms with Gasteiger partial charge in [0.15, 0.2) is 0 Å². The molecule has 1 aliphatic carbocycles. The first-order chi connectivity index (χ1) is 9.20. The van der Waals surface area contributed by atoms with Crippen LogP contribution >= 0.6 is 0 Å². The second-order valence-electron chi connectivity index (χ2n) is 5.89. The first-order valence-electron chi connectivity index (χ1n) is 7.48. The van der Waals surface area contributed by atoms with Gasteiger partial charge in [0.05, 0.1) is 12.7 Å². The van der Waals surface area contributed by atoms with Crippen molar-refractivity contribution in [3.8, 4) is 0 Å². The third-order valence-corrected chi connectivity index (χ3v) is 4.39. The number of carbonyl (C=O) groups is 1. The molecule has 0 aromatic carbocycles. The van der Waals surface area contributed by atoms with Crippen LogP contribution in [-0.2, 0) is 9.53 Å². The monoisotopic (exact) mass is 269 g/mol. The number of nitrogens with zero attached hydrogens (tertiary/aromatic N) is 1. The molecule has 19 heavy (non-hydrogen) atoms. The molecule has 3 N–H and O–H groups in total. The summed E-state index contributed by atoms with van der Waals surface area (Å²) < 4.78 is 5.66. The van der Waals surface area contributed by atoms with Crippen LogP contribution in [0.4, 0.5) is 0 Å². The minimum atomic E-state index is 0.111. The van der Waals surface area contributed by atoms with Crippen molar-refractivity contribution < 1.29 is 9.53 Å². The second kappa shape index (κ2) is 7.22. The predicted molar refractivity (Wildman–Crippen MR) is 74.7 cm³/mol. The van der Waals surface area contributed by atoms with Gasteiger partial charge in [0.1, 0.15) is 0 Å². The Morgan fingerprint density at radius 3 is 2.95 bits per heavy atom. The fourth-order valence-corrected chi connectivity index (χ4v) is 3.17. The van der Waals surface area contributed by atoms with Crippen molar-refractivity contribution in [1.29, 1.82) is 0 Å². The van der Waals surface area contributed by atoms with E-state index >= 15 is 0 Å². The highest BCUT2D eigenvalue weighted by Crippen LogP contribution is 2.29. The Labute approximate surface area is 115 Å². The molecule has 1 aliphatic heterocycles. The zero-order valence-corrected chi connectivity index (χ0v) is 11.9. The van der Waals surface area contributed by atoms with Gasteiger partial charge in [-0.05, 0) is 32.4 Å². The minimum Gasteiger partial charge on any atom is -0.374 e. The van der Waals surface area contributed by atoms with Crippen molar-refractivity contribution in [3.63, 3.8) is 0 Å². The maximum absolute atomic E-state index is 12.3. The molecule has 2 aliphatic rings. The van der Waals surface area contributed by atoms with E-state index in [-0.39, 0.29) is 17.9 Å². The Bertz CT molecular complexity index is 298. The molecule has 0 radical (unpaired) electrons. The highest BCUT2D eigenvalue weighted by molar-refractivity contribution is 5.79. The Morgan fingerprint density at radius 1 is 1.42 bits per heavy atom. The molecule has 3 unspecified atom stereocenters. The quantitative estimate of drug-likeness (QED) is 0.765. The number of carbonyl (C=O) groups excluding carboxylic acids is 1. The maximum Gasteiger partial charge on any atom is 0.223 e. The lowest BCUT2D eigenvalue weighted by atomic mass is 9.79. The van der Waals surface area contributed by atoms with Crippen LogP contribution in [0.3, 0.4) is 0 Å². The van der Waals surface area contributed by atoms with Crippen molar-refractivity contribution in [1.82, 2.24) is 10.2 Å². The number of amides is 1. The molecule has 5 nitrogen and oxygen atoms in total. The fraction of sp³-hybridized carbons (Fsp3) is 0.929. The molecule has 0 bridgehead atoms. The lowest BCUT2D eigenvalue weighted by molar-refractivity contribution is -0.128. The molecule has 2 fully saturated rings. The number of ether oxygens (including phenoxy) is 1. The number of hydrogen-bond acceptors (Lipinski definition) is 4. The Hall–Kier alpha value is -0.650. The molecule has 5 heteroatoms. The SMILES string of the molecule is CN1CCOC(CNC(=O)C2CCCCC2CN)C1. The normalized spacial score (nSPS) is 33.1. The van der Waals surface area contributed by atoms with Crippen LogP contribution < -0.4 is 11.1 Å². The van der Waals surface area contributed by atoms with E-state index < -0.39 is 0 Å². The highest BCUT2D eigenvalue weighted by atomic mass is 16.5. The number of morpholine rings is 1. The second-order valence-corrected chi connectivity index (χ2v) is 5.89. The van der Waals surface area contributed by atoms with Crippen LogP contribution in [-0.4, -0.2) is 56.7 Å². The number of nitrogens with one attached hydrogen (secondary N) is 1. The lowest BCUT2D eigenvalue weighted by Crippen LogP contribution is -2.48. The Morgan fingerprint density at radius 2 is 2.21 bits per heavy atom. The van der Waals surface area contributed by atoms with Gasteiger partial charge < -0.3 is 20.7 Å². The molecule has 3 atom stereocenters. The van der Waals surface area contributed by atoms with Crippen LogP contribution in [0.2, 0.25) is 0 Å². The molecular weight excluding hydrogens is 242 g/mol. The third-order valence-electron chi connectivity index (χ3n) is 4.39. The molecule has 0 spiro atoms. The number of nitrogens with two attached hydrogens (primary N) is 1. The average Bonchev–Trinajstić information content (AvgIpc) is 2.45. The van der Waals surface area contributed by atoms with Crippen molar-refractivity contribution in [2.24, 2.45) is 17.6 Å². The van der Waals surface area contributed by atoms with Gasteiger partial charge in [0, 0.05) is 25.6 Å². The molecule has 1 heterocycles. The summed E-state index contributed by atoms with van der Waals surface area (Å²) in [7, 11) is 2.09. The zero-order valence-electron chi connectivity index (χ0n) is 11.9. The third kappa shape index (κ3) is 4.16. The molecule has 2 rings (SSSR count). The summed E-state index contributed by atoms with van der Waals surface area (Å²) in [5.41, 5.74) is 5.78. The van der Waals surface area contributed by atoms with Crippen LogP contribution in [0, 0.1) is 11.8 Å². The van der Waals surface area contributed by atoms with Crippen LogP contribution in [0.5, 0.6) is 0 Å².